The van der Waals surface area contributed by atoms with Crippen LogP contribution < -0.4 is 4.57 Å². The lowest BCUT2D eigenvalue weighted by Gasteiger charge is -2.19. The molecule has 40 heavy (non-hydrogen) atoms. The number of benzene rings is 4. The molecule has 0 saturated carbocycles. The van der Waals surface area contributed by atoms with Crippen LogP contribution >= 0.6 is 0 Å². The molecule has 6 rings (SSSR count). The molecule has 200 valence electrons. The molecule has 0 unspecified atom stereocenters. The first-order valence-electron chi connectivity index (χ1n) is 14.8. The van der Waals surface area contributed by atoms with Crippen LogP contribution in [0.2, 0.25) is 0 Å². The van der Waals surface area contributed by atoms with Gasteiger partial charge in [0.15, 0.2) is 5.82 Å². The summed E-state index contributed by atoms with van der Waals surface area (Å²) in [5.41, 5.74) is 6.87. The fourth-order valence-corrected chi connectivity index (χ4v) is 5.42. The summed E-state index contributed by atoms with van der Waals surface area (Å²) in [5, 5.41) is 1.49. The van der Waals surface area contributed by atoms with Crippen LogP contribution in [0.1, 0.15) is 41.6 Å². The Balaban J connectivity index is 1.50. The summed E-state index contributed by atoms with van der Waals surface area (Å²) in [4.78, 5) is 0. The second kappa shape index (κ2) is 9.41. The Bertz CT molecular complexity index is 2020. The first-order valence-corrected chi connectivity index (χ1v) is 13.3. The Hall–Kier alpha value is -4.31. The van der Waals surface area contributed by atoms with Gasteiger partial charge >= 0.3 is 0 Å². The lowest BCUT2D eigenvalue weighted by atomic mass is 9.86. The standard InChI is InChI=1S/C36H32F2NO/c1-21-7-16-27-28-17-18-29(37)33(35(28)40-34(27)32(21)31-19-22(2)30(38)20-39(31)6)25-10-8-23(9-11-25)24-12-14-26(15-13-24)36(3,4)5/h7-20H,1-6H3/q+1/i2D3. The highest BCUT2D eigenvalue weighted by molar-refractivity contribution is 6.13. The molecule has 6 aromatic rings. The van der Waals surface area contributed by atoms with Gasteiger partial charge in [-0.25, -0.2) is 8.78 Å². The van der Waals surface area contributed by atoms with Gasteiger partial charge in [-0.05, 0) is 64.7 Å². The molecular weight excluding hydrogens is 500 g/mol. The van der Waals surface area contributed by atoms with Crippen LogP contribution in [0.5, 0.6) is 0 Å². The zero-order chi connectivity index (χ0) is 30.8. The Morgan fingerprint density at radius 1 is 0.700 bits per heavy atom. The predicted octanol–water partition coefficient (Wildman–Crippen LogP) is 9.60. The second-order valence-electron chi connectivity index (χ2n) is 11.5. The summed E-state index contributed by atoms with van der Waals surface area (Å²) >= 11 is 0. The van der Waals surface area contributed by atoms with Gasteiger partial charge in [0, 0.05) is 21.0 Å². The van der Waals surface area contributed by atoms with E-state index in [1.165, 1.54) is 23.9 Å². The minimum Gasteiger partial charge on any atom is -0.454 e. The SMILES string of the molecule is [2H]C([2H])([2H])c1cc(-c2c(C)ccc3c2oc2c(-c4ccc(-c5ccc(C(C)(C)C)cc5)cc4)c(F)ccc23)[n+](C)cc1F. The Kier molecular flexibility index (Phi) is 5.29. The lowest BCUT2D eigenvalue weighted by Crippen LogP contribution is -2.31. The molecule has 0 aliphatic heterocycles. The maximum atomic E-state index is 15.5. The van der Waals surface area contributed by atoms with Crippen molar-refractivity contribution in [2.24, 2.45) is 7.05 Å². The topological polar surface area (TPSA) is 17.0 Å². The van der Waals surface area contributed by atoms with Crippen LogP contribution in [0, 0.1) is 25.4 Å². The van der Waals surface area contributed by atoms with Crippen LogP contribution in [0.15, 0.2) is 89.5 Å². The maximum absolute atomic E-state index is 15.5. The molecule has 0 atom stereocenters. The molecule has 0 spiro atoms. The number of rotatable bonds is 3. The van der Waals surface area contributed by atoms with Crippen LogP contribution in [-0.4, -0.2) is 0 Å². The van der Waals surface area contributed by atoms with E-state index in [9.17, 15) is 4.39 Å². The van der Waals surface area contributed by atoms with Crippen LogP contribution in [-0.2, 0) is 12.5 Å². The number of nitrogens with zero attached hydrogens (tertiary/aromatic N) is 1. The zero-order valence-corrected chi connectivity index (χ0v) is 23.2. The molecule has 0 fully saturated rings. The van der Waals surface area contributed by atoms with Crippen molar-refractivity contribution in [1.82, 2.24) is 0 Å². The molecule has 0 aliphatic rings. The highest BCUT2D eigenvalue weighted by atomic mass is 19.1. The molecule has 2 heterocycles. The molecule has 0 bridgehead atoms. The van der Waals surface area contributed by atoms with Crippen molar-refractivity contribution in [2.75, 3.05) is 0 Å². The van der Waals surface area contributed by atoms with E-state index >= 15 is 4.39 Å². The van der Waals surface area contributed by atoms with Gasteiger partial charge in [-0.3, -0.25) is 0 Å². The van der Waals surface area contributed by atoms with Crippen molar-refractivity contribution in [3.8, 4) is 33.5 Å². The summed E-state index contributed by atoms with van der Waals surface area (Å²) in [6, 6.07) is 24.6. The van der Waals surface area contributed by atoms with Crippen molar-refractivity contribution in [3.63, 3.8) is 0 Å². The Labute approximate surface area is 237 Å². The molecule has 4 heteroatoms. The minimum atomic E-state index is -2.63. The van der Waals surface area contributed by atoms with Crippen LogP contribution in [0.25, 0.3) is 55.4 Å². The molecule has 4 aromatic carbocycles. The predicted molar refractivity (Wildman–Crippen MR) is 159 cm³/mol. The van der Waals surface area contributed by atoms with Crippen molar-refractivity contribution >= 4 is 21.9 Å². The average molecular weight is 536 g/mol. The summed E-state index contributed by atoms with van der Waals surface area (Å²) < 4.78 is 61.7. The number of furan rings is 1. The van der Waals surface area contributed by atoms with E-state index in [0.717, 1.165) is 27.5 Å². The number of hydrogen-bond donors (Lipinski definition) is 0. The fraction of sp³-hybridized carbons (Fsp3) is 0.194. The quantitative estimate of drug-likeness (QED) is 0.206. The molecule has 0 amide bonds. The van der Waals surface area contributed by atoms with Gasteiger partial charge in [0.05, 0.1) is 11.1 Å². The van der Waals surface area contributed by atoms with Crippen molar-refractivity contribution in [2.45, 2.75) is 40.0 Å². The third-order valence-corrected chi connectivity index (χ3v) is 7.71. The van der Waals surface area contributed by atoms with E-state index in [-0.39, 0.29) is 11.0 Å². The largest absolute Gasteiger partial charge is 0.454 e. The molecule has 0 saturated heterocycles. The summed E-state index contributed by atoms with van der Waals surface area (Å²) in [6.45, 7) is 5.81. The summed E-state index contributed by atoms with van der Waals surface area (Å²) in [6.07, 6.45) is 1.17. The minimum absolute atomic E-state index is 0.0649. The normalized spacial score (nSPS) is 13.4. The van der Waals surface area contributed by atoms with E-state index in [1.807, 2.05) is 43.3 Å². The molecular formula is C36H32F2NO+. The first-order chi connectivity index (χ1) is 20.2. The highest BCUT2D eigenvalue weighted by Gasteiger charge is 2.24. The molecule has 0 radical (unpaired) electrons. The summed E-state index contributed by atoms with van der Waals surface area (Å²) in [7, 11) is 1.66. The van der Waals surface area contributed by atoms with E-state index < -0.39 is 18.5 Å². The highest BCUT2D eigenvalue weighted by Crippen LogP contribution is 2.42. The van der Waals surface area contributed by atoms with E-state index in [4.69, 9.17) is 8.53 Å². The molecule has 2 nitrogen and oxygen atoms in total. The monoisotopic (exact) mass is 535 g/mol. The van der Waals surface area contributed by atoms with Crippen LogP contribution in [0.4, 0.5) is 8.78 Å². The van der Waals surface area contributed by atoms with Gasteiger partial charge in [0.25, 0.3) is 0 Å². The number of aromatic nitrogens is 1. The zero-order valence-electron chi connectivity index (χ0n) is 26.2. The maximum Gasteiger partial charge on any atom is 0.216 e. The van der Waals surface area contributed by atoms with E-state index in [2.05, 4.69) is 45.0 Å². The van der Waals surface area contributed by atoms with Gasteiger partial charge in [-0.15, -0.1) is 0 Å². The van der Waals surface area contributed by atoms with Gasteiger partial charge in [0.1, 0.15) is 24.0 Å². The molecule has 0 N–H and O–H groups in total. The van der Waals surface area contributed by atoms with Crippen molar-refractivity contribution in [1.29, 1.82) is 0 Å². The number of halogens is 2. The summed E-state index contributed by atoms with van der Waals surface area (Å²) in [5.74, 6) is -1.22. The van der Waals surface area contributed by atoms with Gasteiger partial charge in [-0.2, -0.15) is 4.57 Å². The lowest BCUT2D eigenvalue weighted by molar-refractivity contribution is -0.662. The van der Waals surface area contributed by atoms with Crippen molar-refractivity contribution in [3.05, 3.63) is 113 Å². The Morgan fingerprint density at radius 3 is 1.90 bits per heavy atom. The average Bonchev–Trinajstić information content (AvgIpc) is 3.31. The molecule has 2 aromatic heterocycles. The van der Waals surface area contributed by atoms with Gasteiger partial charge < -0.3 is 4.42 Å². The number of hydrogen-bond acceptors (Lipinski definition) is 1. The smallest absolute Gasteiger partial charge is 0.216 e. The number of aryl methyl sites for hydroxylation is 3. The fourth-order valence-electron chi connectivity index (χ4n) is 5.42. The van der Waals surface area contributed by atoms with E-state index in [0.29, 0.717) is 33.6 Å². The van der Waals surface area contributed by atoms with Gasteiger partial charge in [0.2, 0.25) is 11.9 Å². The first kappa shape index (κ1) is 22.5. The number of pyridine rings is 1. The third kappa shape index (κ3) is 4.28. The van der Waals surface area contributed by atoms with Crippen molar-refractivity contribution < 1.29 is 21.9 Å². The van der Waals surface area contributed by atoms with Crippen LogP contribution in [0.3, 0.4) is 0 Å². The number of fused-ring (bicyclic) bond motifs is 3. The Morgan fingerprint density at radius 2 is 1.27 bits per heavy atom. The molecule has 0 aliphatic carbocycles. The van der Waals surface area contributed by atoms with Gasteiger partial charge in [-0.1, -0.05) is 81.4 Å². The van der Waals surface area contributed by atoms with E-state index in [1.54, 1.807) is 17.7 Å². The third-order valence-electron chi connectivity index (χ3n) is 7.71. The second-order valence-corrected chi connectivity index (χ2v) is 11.5.